The van der Waals surface area contributed by atoms with Crippen LogP contribution < -0.4 is 15.1 Å². The predicted octanol–water partition coefficient (Wildman–Crippen LogP) is 3.21. The Morgan fingerprint density at radius 3 is 2.79 bits per heavy atom. The number of methoxy groups -OCH3 is 1. The van der Waals surface area contributed by atoms with Crippen molar-refractivity contribution in [3.8, 4) is 11.5 Å². The molecule has 0 aliphatic carbocycles. The number of rotatable bonds is 5. The first-order chi connectivity index (χ1) is 9.13. The zero-order chi connectivity index (χ0) is 13.8. The Hall–Kier alpha value is -1.49. The zero-order valence-corrected chi connectivity index (χ0v) is 12.4. The van der Waals surface area contributed by atoms with Gasteiger partial charge in [0, 0.05) is 22.8 Å². The third-order valence-corrected chi connectivity index (χ3v) is 3.80. The Morgan fingerprint density at radius 2 is 2.11 bits per heavy atom. The standard InChI is InChI=1S/C14H15BrO4/c1-9(7-15)8-18-13-6-11-10(5-12(13)17-2)3-4-14(16)19-11/h3-6,9H,7-8H2,1-2H3. The molecule has 0 radical (unpaired) electrons. The SMILES string of the molecule is COc1cc2ccc(=O)oc2cc1OCC(C)CBr. The first-order valence-corrected chi connectivity index (χ1v) is 7.07. The van der Waals surface area contributed by atoms with E-state index < -0.39 is 0 Å². The van der Waals surface area contributed by atoms with Gasteiger partial charge in [-0.05, 0) is 18.1 Å². The van der Waals surface area contributed by atoms with Crippen LogP contribution in [0.15, 0.2) is 33.5 Å². The molecule has 0 aliphatic heterocycles. The van der Waals surface area contributed by atoms with E-state index in [9.17, 15) is 4.79 Å². The molecule has 1 unspecified atom stereocenters. The van der Waals surface area contributed by atoms with Crippen molar-refractivity contribution in [3.05, 3.63) is 34.7 Å². The minimum Gasteiger partial charge on any atom is -0.493 e. The molecule has 0 fully saturated rings. The third-order valence-electron chi connectivity index (χ3n) is 2.69. The van der Waals surface area contributed by atoms with Crippen molar-refractivity contribution in [2.75, 3.05) is 19.0 Å². The number of hydrogen-bond donors (Lipinski definition) is 0. The molecule has 0 aliphatic rings. The lowest BCUT2D eigenvalue weighted by atomic mass is 10.2. The summed E-state index contributed by atoms with van der Waals surface area (Å²) in [6, 6.07) is 6.58. The minimum atomic E-state index is -0.377. The molecule has 102 valence electrons. The van der Waals surface area contributed by atoms with Gasteiger partial charge < -0.3 is 13.9 Å². The van der Waals surface area contributed by atoms with Crippen molar-refractivity contribution in [1.29, 1.82) is 0 Å². The fourth-order valence-corrected chi connectivity index (χ4v) is 1.81. The number of halogens is 1. The highest BCUT2D eigenvalue weighted by Crippen LogP contribution is 2.32. The van der Waals surface area contributed by atoms with Crippen molar-refractivity contribution in [3.63, 3.8) is 0 Å². The predicted molar refractivity (Wildman–Crippen MR) is 77.5 cm³/mol. The zero-order valence-electron chi connectivity index (χ0n) is 10.8. The van der Waals surface area contributed by atoms with Gasteiger partial charge in [0.2, 0.25) is 0 Å². The van der Waals surface area contributed by atoms with Crippen LogP contribution in [0.4, 0.5) is 0 Å². The number of alkyl halides is 1. The average Bonchev–Trinajstić information content (AvgIpc) is 2.43. The van der Waals surface area contributed by atoms with Crippen molar-refractivity contribution < 1.29 is 13.9 Å². The molecule has 1 aromatic heterocycles. The number of benzene rings is 1. The third kappa shape index (κ3) is 3.29. The fraction of sp³-hybridized carbons (Fsp3) is 0.357. The lowest BCUT2D eigenvalue weighted by molar-refractivity contribution is 0.259. The molecule has 4 nitrogen and oxygen atoms in total. The molecular formula is C14H15BrO4. The van der Waals surface area contributed by atoms with Crippen LogP contribution >= 0.6 is 15.9 Å². The minimum absolute atomic E-state index is 0.377. The van der Waals surface area contributed by atoms with Gasteiger partial charge in [-0.1, -0.05) is 22.9 Å². The van der Waals surface area contributed by atoms with Crippen molar-refractivity contribution in [1.82, 2.24) is 0 Å². The van der Waals surface area contributed by atoms with Crippen LogP contribution in [-0.2, 0) is 0 Å². The van der Waals surface area contributed by atoms with Gasteiger partial charge in [-0.25, -0.2) is 4.79 Å². The van der Waals surface area contributed by atoms with Crippen LogP contribution in [0.3, 0.4) is 0 Å². The molecule has 1 heterocycles. The van der Waals surface area contributed by atoms with E-state index in [1.54, 1.807) is 25.3 Å². The van der Waals surface area contributed by atoms with E-state index >= 15 is 0 Å². The topological polar surface area (TPSA) is 48.7 Å². The highest BCUT2D eigenvalue weighted by Gasteiger charge is 2.10. The molecule has 0 amide bonds. The second kappa shape index (κ2) is 6.10. The van der Waals surface area contributed by atoms with Gasteiger partial charge in [-0.2, -0.15) is 0 Å². The maximum Gasteiger partial charge on any atom is 0.336 e. The quantitative estimate of drug-likeness (QED) is 0.625. The average molecular weight is 327 g/mol. The molecule has 0 N–H and O–H groups in total. The van der Waals surface area contributed by atoms with E-state index in [1.165, 1.54) is 6.07 Å². The Morgan fingerprint density at radius 1 is 1.32 bits per heavy atom. The molecular weight excluding hydrogens is 312 g/mol. The largest absolute Gasteiger partial charge is 0.493 e. The molecule has 1 atom stereocenters. The first kappa shape index (κ1) is 13.9. The molecule has 0 saturated carbocycles. The number of hydrogen-bond acceptors (Lipinski definition) is 4. The van der Waals surface area contributed by atoms with Crippen molar-refractivity contribution >= 4 is 26.9 Å². The van der Waals surface area contributed by atoms with E-state index in [4.69, 9.17) is 13.9 Å². The summed E-state index contributed by atoms with van der Waals surface area (Å²) < 4.78 is 16.1. The summed E-state index contributed by atoms with van der Waals surface area (Å²) in [6.45, 7) is 2.63. The van der Waals surface area contributed by atoms with E-state index in [0.717, 1.165) is 10.7 Å². The smallest absolute Gasteiger partial charge is 0.336 e. The Bertz CT molecular complexity index is 620. The van der Waals surface area contributed by atoms with Crippen molar-refractivity contribution in [2.45, 2.75) is 6.92 Å². The van der Waals surface area contributed by atoms with Crippen LogP contribution in [0.25, 0.3) is 11.0 Å². The maximum atomic E-state index is 11.2. The summed E-state index contributed by atoms with van der Waals surface area (Å²) in [5, 5.41) is 1.66. The van der Waals surface area contributed by atoms with Crippen LogP contribution in [0.5, 0.6) is 11.5 Å². The lowest BCUT2D eigenvalue weighted by Crippen LogP contribution is -2.10. The second-order valence-corrected chi connectivity index (χ2v) is 5.01. The highest BCUT2D eigenvalue weighted by atomic mass is 79.9. The lowest BCUT2D eigenvalue weighted by Gasteiger charge is -2.13. The van der Waals surface area contributed by atoms with Crippen LogP contribution in [0, 0.1) is 5.92 Å². The summed E-state index contributed by atoms with van der Waals surface area (Å²) in [5.74, 6) is 1.59. The van der Waals surface area contributed by atoms with Gasteiger partial charge in [0.05, 0.1) is 13.7 Å². The highest BCUT2D eigenvalue weighted by molar-refractivity contribution is 9.09. The van der Waals surface area contributed by atoms with Crippen LogP contribution in [0.1, 0.15) is 6.92 Å². The number of ether oxygens (including phenoxy) is 2. The summed E-state index contributed by atoms with van der Waals surface area (Å²) in [4.78, 5) is 11.2. The molecule has 1 aromatic carbocycles. The second-order valence-electron chi connectivity index (χ2n) is 4.37. The first-order valence-electron chi connectivity index (χ1n) is 5.94. The molecule has 0 spiro atoms. The molecule has 2 rings (SSSR count). The van der Waals surface area contributed by atoms with Gasteiger partial charge in [0.1, 0.15) is 5.58 Å². The molecule has 5 heteroatoms. The Labute approximate surface area is 119 Å². The molecule has 2 aromatic rings. The molecule has 19 heavy (non-hydrogen) atoms. The van der Waals surface area contributed by atoms with Gasteiger partial charge in [0.25, 0.3) is 0 Å². The maximum absolute atomic E-state index is 11.2. The van der Waals surface area contributed by atoms with Gasteiger partial charge in [-0.15, -0.1) is 0 Å². The van der Waals surface area contributed by atoms with E-state index in [-0.39, 0.29) is 5.63 Å². The molecule has 0 saturated heterocycles. The normalized spacial score (nSPS) is 12.4. The molecule has 0 bridgehead atoms. The van der Waals surface area contributed by atoms with Crippen LogP contribution in [0.2, 0.25) is 0 Å². The summed E-state index contributed by atoms with van der Waals surface area (Å²) >= 11 is 3.40. The van der Waals surface area contributed by atoms with E-state index in [0.29, 0.717) is 29.6 Å². The van der Waals surface area contributed by atoms with E-state index in [2.05, 4.69) is 22.9 Å². The van der Waals surface area contributed by atoms with E-state index in [1.807, 2.05) is 0 Å². The summed E-state index contributed by atoms with van der Waals surface area (Å²) in [6.07, 6.45) is 0. The summed E-state index contributed by atoms with van der Waals surface area (Å²) in [5.41, 5.74) is 0.118. The number of fused-ring (bicyclic) bond motifs is 1. The summed E-state index contributed by atoms with van der Waals surface area (Å²) in [7, 11) is 1.58. The van der Waals surface area contributed by atoms with Gasteiger partial charge in [0.15, 0.2) is 11.5 Å². The Kier molecular flexibility index (Phi) is 4.47. The fourth-order valence-electron chi connectivity index (χ4n) is 1.62. The van der Waals surface area contributed by atoms with Gasteiger partial charge >= 0.3 is 5.63 Å². The van der Waals surface area contributed by atoms with Crippen molar-refractivity contribution in [2.24, 2.45) is 5.92 Å². The van der Waals surface area contributed by atoms with Gasteiger partial charge in [-0.3, -0.25) is 0 Å². The van der Waals surface area contributed by atoms with Crippen LogP contribution in [-0.4, -0.2) is 19.0 Å². The monoisotopic (exact) mass is 326 g/mol. The Balaban J connectivity index is 2.37.